The molecule has 0 fully saturated rings. The molecule has 1 aromatic rings. The van der Waals surface area contributed by atoms with E-state index in [2.05, 4.69) is 9.98 Å². The van der Waals surface area contributed by atoms with Crippen molar-refractivity contribution in [3.63, 3.8) is 0 Å². The van der Waals surface area contributed by atoms with Crippen molar-refractivity contribution in [3.05, 3.63) is 10.6 Å². The maximum atomic E-state index is 9.91. The number of isocyanates is 1. The highest BCUT2D eigenvalue weighted by Crippen LogP contribution is 2.24. The molecule has 0 aliphatic carbocycles. The molecule has 4 nitrogen and oxygen atoms in total. The number of anilines is 1. The molecule has 1 aromatic heterocycles. The molecular weight excluding hydrogens is 186 g/mol. The quantitative estimate of drug-likeness (QED) is 0.543. The van der Waals surface area contributed by atoms with Crippen LogP contribution in [0.15, 0.2) is 4.99 Å². The Bertz CT molecular complexity index is 339. The average Bonchev–Trinajstić information content (AvgIpc) is 2.44. The van der Waals surface area contributed by atoms with Crippen LogP contribution in [0.25, 0.3) is 0 Å². The van der Waals surface area contributed by atoms with Crippen LogP contribution in [0.5, 0.6) is 0 Å². The van der Waals surface area contributed by atoms with E-state index in [-0.39, 0.29) is 0 Å². The van der Waals surface area contributed by atoms with Crippen molar-refractivity contribution >= 4 is 22.5 Å². The molecule has 0 aliphatic heterocycles. The molecule has 0 aromatic carbocycles. The molecule has 0 unspecified atom stereocenters. The number of aryl methyl sites for hydroxylation is 1. The van der Waals surface area contributed by atoms with Crippen LogP contribution in [-0.4, -0.2) is 25.2 Å². The van der Waals surface area contributed by atoms with Crippen molar-refractivity contribution < 1.29 is 4.79 Å². The van der Waals surface area contributed by atoms with E-state index in [9.17, 15) is 4.79 Å². The lowest BCUT2D eigenvalue weighted by Crippen LogP contribution is -2.07. The number of nitrogens with zero attached hydrogens (tertiary/aromatic N) is 3. The Kier molecular flexibility index (Phi) is 3.17. The molecule has 5 heteroatoms. The van der Waals surface area contributed by atoms with Gasteiger partial charge in [0.05, 0.1) is 17.1 Å². The summed E-state index contributed by atoms with van der Waals surface area (Å²) in [5.41, 5.74) is 0.938. The molecule has 0 bridgehead atoms. The number of aliphatic imine (C=N–C) groups is 1. The second-order valence-electron chi connectivity index (χ2n) is 2.81. The molecule has 70 valence electrons. The zero-order chi connectivity index (χ0) is 9.84. The highest BCUT2D eigenvalue weighted by molar-refractivity contribution is 7.15. The SMILES string of the molecule is Cc1nc(N(C)C)sc1CN=C=O. The monoisotopic (exact) mass is 197 g/mol. The number of thiazole rings is 1. The van der Waals surface area contributed by atoms with Gasteiger partial charge in [-0.3, -0.25) is 0 Å². The summed E-state index contributed by atoms with van der Waals surface area (Å²) in [5.74, 6) is 0. The van der Waals surface area contributed by atoms with Crippen LogP contribution in [0, 0.1) is 6.92 Å². The van der Waals surface area contributed by atoms with Crippen molar-refractivity contribution in [1.82, 2.24) is 4.98 Å². The van der Waals surface area contributed by atoms with Gasteiger partial charge in [0.1, 0.15) is 0 Å². The zero-order valence-corrected chi connectivity index (χ0v) is 8.68. The predicted molar refractivity (Wildman–Crippen MR) is 53.0 cm³/mol. The number of hydrogen-bond acceptors (Lipinski definition) is 5. The molecule has 13 heavy (non-hydrogen) atoms. The first-order valence-corrected chi connectivity index (χ1v) is 4.64. The van der Waals surface area contributed by atoms with Gasteiger partial charge in [-0.1, -0.05) is 11.3 Å². The Balaban J connectivity index is 2.89. The first-order valence-electron chi connectivity index (χ1n) is 3.82. The lowest BCUT2D eigenvalue weighted by molar-refractivity contribution is 0.563. The molecule has 1 rings (SSSR count). The van der Waals surface area contributed by atoms with Gasteiger partial charge in [0.2, 0.25) is 6.08 Å². The Morgan fingerprint density at radius 1 is 1.62 bits per heavy atom. The van der Waals surface area contributed by atoms with Gasteiger partial charge in [0, 0.05) is 14.1 Å². The van der Waals surface area contributed by atoms with E-state index in [1.807, 2.05) is 25.9 Å². The smallest absolute Gasteiger partial charge is 0.235 e. The third-order valence-corrected chi connectivity index (χ3v) is 2.86. The van der Waals surface area contributed by atoms with E-state index in [1.165, 1.54) is 6.08 Å². The van der Waals surface area contributed by atoms with Crippen LogP contribution in [0.3, 0.4) is 0 Å². The molecule has 0 saturated carbocycles. The van der Waals surface area contributed by atoms with Gasteiger partial charge in [0.25, 0.3) is 0 Å². The molecule has 0 aliphatic rings. The molecule has 1 heterocycles. The number of rotatable bonds is 3. The standard InChI is InChI=1S/C8H11N3OS/c1-6-7(4-9-5-12)13-8(10-6)11(2)3/h4H2,1-3H3. The van der Waals surface area contributed by atoms with Crippen LogP contribution in [0.2, 0.25) is 0 Å². The first kappa shape index (κ1) is 9.89. The fraction of sp³-hybridized carbons (Fsp3) is 0.500. The third-order valence-electron chi connectivity index (χ3n) is 1.55. The average molecular weight is 197 g/mol. The summed E-state index contributed by atoms with van der Waals surface area (Å²) in [7, 11) is 3.87. The fourth-order valence-corrected chi connectivity index (χ4v) is 1.76. The van der Waals surface area contributed by atoms with E-state index < -0.39 is 0 Å². The van der Waals surface area contributed by atoms with Crippen LogP contribution in [0.4, 0.5) is 5.13 Å². The lowest BCUT2D eigenvalue weighted by Gasteiger charge is -2.04. The molecular formula is C8H11N3OS. The fourth-order valence-electron chi connectivity index (χ4n) is 0.855. The van der Waals surface area contributed by atoms with E-state index in [1.54, 1.807) is 11.3 Å². The van der Waals surface area contributed by atoms with Crippen LogP contribution in [-0.2, 0) is 11.3 Å². The van der Waals surface area contributed by atoms with Gasteiger partial charge < -0.3 is 4.90 Å². The topological polar surface area (TPSA) is 45.6 Å². The Hall–Kier alpha value is -1.19. The highest BCUT2D eigenvalue weighted by Gasteiger charge is 2.07. The summed E-state index contributed by atoms with van der Waals surface area (Å²) in [6, 6.07) is 0. The minimum Gasteiger partial charge on any atom is -0.354 e. The van der Waals surface area contributed by atoms with E-state index in [0.717, 1.165) is 15.7 Å². The Morgan fingerprint density at radius 3 is 2.77 bits per heavy atom. The van der Waals surface area contributed by atoms with Crippen molar-refractivity contribution in [1.29, 1.82) is 0 Å². The molecule has 0 saturated heterocycles. The van der Waals surface area contributed by atoms with Gasteiger partial charge in [0.15, 0.2) is 5.13 Å². The van der Waals surface area contributed by atoms with Gasteiger partial charge in [-0.2, -0.15) is 0 Å². The maximum absolute atomic E-state index is 9.91. The van der Waals surface area contributed by atoms with Crippen LogP contribution >= 0.6 is 11.3 Å². The summed E-state index contributed by atoms with van der Waals surface area (Å²) < 4.78 is 0. The summed E-state index contributed by atoms with van der Waals surface area (Å²) >= 11 is 1.55. The Labute approximate surface area is 80.9 Å². The van der Waals surface area contributed by atoms with Crippen LogP contribution < -0.4 is 4.90 Å². The Morgan fingerprint density at radius 2 is 2.31 bits per heavy atom. The lowest BCUT2D eigenvalue weighted by atomic mass is 10.4. The normalized spacial score (nSPS) is 9.46. The minimum absolute atomic E-state index is 0.390. The summed E-state index contributed by atoms with van der Waals surface area (Å²) in [4.78, 5) is 20.7. The summed E-state index contributed by atoms with van der Waals surface area (Å²) in [6.45, 7) is 2.31. The molecule has 0 N–H and O–H groups in total. The maximum Gasteiger partial charge on any atom is 0.235 e. The van der Waals surface area contributed by atoms with Crippen molar-refractivity contribution in [2.45, 2.75) is 13.5 Å². The summed E-state index contributed by atoms with van der Waals surface area (Å²) in [5, 5.41) is 0.939. The van der Waals surface area contributed by atoms with E-state index in [0.29, 0.717) is 6.54 Å². The van der Waals surface area contributed by atoms with E-state index in [4.69, 9.17) is 0 Å². The van der Waals surface area contributed by atoms with Crippen LogP contribution in [0.1, 0.15) is 10.6 Å². The number of carbonyl (C=O) groups excluding carboxylic acids is 1. The second-order valence-corrected chi connectivity index (χ2v) is 3.87. The van der Waals surface area contributed by atoms with Gasteiger partial charge in [-0.25, -0.2) is 14.8 Å². The largest absolute Gasteiger partial charge is 0.354 e. The third kappa shape index (κ3) is 2.37. The van der Waals surface area contributed by atoms with Gasteiger partial charge >= 0.3 is 0 Å². The van der Waals surface area contributed by atoms with E-state index >= 15 is 0 Å². The molecule has 0 spiro atoms. The van der Waals surface area contributed by atoms with Crippen molar-refractivity contribution in [2.75, 3.05) is 19.0 Å². The van der Waals surface area contributed by atoms with Crippen molar-refractivity contribution in [3.8, 4) is 0 Å². The second kappa shape index (κ2) is 4.16. The molecule has 0 atom stereocenters. The number of hydrogen-bond donors (Lipinski definition) is 0. The predicted octanol–water partition coefficient (Wildman–Crippen LogP) is 1.35. The van der Waals surface area contributed by atoms with Gasteiger partial charge in [-0.15, -0.1) is 0 Å². The first-order chi connectivity index (χ1) is 6.15. The van der Waals surface area contributed by atoms with Crippen molar-refractivity contribution in [2.24, 2.45) is 4.99 Å². The van der Waals surface area contributed by atoms with Gasteiger partial charge in [-0.05, 0) is 6.92 Å². The number of aromatic nitrogens is 1. The minimum atomic E-state index is 0.390. The highest BCUT2D eigenvalue weighted by atomic mass is 32.1. The molecule has 0 radical (unpaired) electrons. The summed E-state index contributed by atoms with van der Waals surface area (Å²) in [6.07, 6.45) is 1.52. The molecule has 0 amide bonds. The zero-order valence-electron chi connectivity index (χ0n) is 7.87.